The number of nitrogens with zero attached hydrogens (tertiary/aromatic N) is 2. The average Bonchev–Trinajstić information content (AvgIpc) is 3.32. The van der Waals surface area contributed by atoms with Crippen molar-refractivity contribution in [1.29, 1.82) is 0 Å². The number of carbonyl (C=O) groups excluding carboxylic acids is 2. The Balaban J connectivity index is 1.50. The van der Waals surface area contributed by atoms with Gasteiger partial charge in [-0.05, 0) is 31.7 Å². The van der Waals surface area contributed by atoms with Gasteiger partial charge in [-0.2, -0.15) is 4.39 Å². The molecule has 1 aromatic heterocycles. The largest absolute Gasteiger partial charge is 0.349 e. The lowest BCUT2D eigenvalue weighted by molar-refractivity contribution is -0.133. The van der Waals surface area contributed by atoms with Crippen molar-refractivity contribution in [3.8, 4) is 0 Å². The molecule has 6 heteroatoms. The van der Waals surface area contributed by atoms with Crippen molar-refractivity contribution in [3.05, 3.63) is 29.8 Å². The summed E-state index contributed by atoms with van der Waals surface area (Å²) in [5.41, 5.74) is 0.277. The van der Waals surface area contributed by atoms with E-state index in [0.717, 1.165) is 31.7 Å². The predicted molar refractivity (Wildman–Crippen MR) is 74.0 cm³/mol. The van der Waals surface area contributed by atoms with Crippen molar-refractivity contribution in [2.45, 2.75) is 31.7 Å². The van der Waals surface area contributed by atoms with E-state index < -0.39 is 5.95 Å². The van der Waals surface area contributed by atoms with Crippen molar-refractivity contribution in [2.24, 2.45) is 5.92 Å². The van der Waals surface area contributed by atoms with E-state index in [2.05, 4.69) is 10.3 Å². The third-order valence-electron chi connectivity index (χ3n) is 4.06. The van der Waals surface area contributed by atoms with Crippen LogP contribution in [0.4, 0.5) is 4.39 Å². The monoisotopic (exact) mass is 291 g/mol. The summed E-state index contributed by atoms with van der Waals surface area (Å²) in [6.45, 7) is 1.37. The number of nitrogens with one attached hydrogen (secondary N) is 1. The van der Waals surface area contributed by atoms with Crippen LogP contribution in [0.25, 0.3) is 0 Å². The smallest absolute Gasteiger partial charge is 0.251 e. The lowest BCUT2D eigenvalue weighted by Gasteiger charge is -2.32. The van der Waals surface area contributed by atoms with E-state index in [4.69, 9.17) is 0 Å². The van der Waals surface area contributed by atoms with Gasteiger partial charge >= 0.3 is 0 Å². The minimum Gasteiger partial charge on any atom is -0.349 e. The maximum Gasteiger partial charge on any atom is 0.251 e. The number of piperidine rings is 1. The summed E-state index contributed by atoms with van der Waals surface area (Å²) in [7, 11) is 0. The van der Waals surface area contributed by atoms with Gasteiger partial charge in [-0.15, -0.1) is 0 Å². The Kier molecular flexibility index (Phi) is 3.86. The summed E-state index contributed by atoms with van der Waals surface area (Å²) < 4.78 is 13.0. The maximum absolute atomic E-state index is 13.0. The number of halogens is 1. The van der Waals surface area contributed by atoms with Crippen LogP contribution in [-0.2, 0) is 4.79 Å². The minimum absolute atomic E-state index is 0.0389. The Morgan fingerprint density at radius 3 is 2.57 bits per heavy atom. The second kappa shape index (κ2) is 5.79. The highest BCUT2D eigenvalue weighted by Crippen LogP contribution is 2.31. The zero-order chi connectivity index (χ0) is 14.8. The Morgan fingerprint density at radius 2 is 1.95 bits per heavy atom. The molecule has 2 amide bonds. The highest BCUT2D eigenvalue weighted by Gasteiger charge is 2.35. The van der Waals surface area contributed by atoms with E-state index >= 15 is 0 Å². The molecule has 0 bridgehead atoms. The Bertz CT molecular complexity index is 552. The summed E-state index contributed by atoms with van der Waals surface area (Å²) in [5.74, 6) is -0.442. The Labute approximate surface area is 122 Å². The second-order valence-electron chi connectivity index (χ2n) is 5.71. The molecule has 1 N–H and O–H groups in total. The van der Waals surface area contributed by atoms with Gasteiger partial charge in [0.1, 0.15) is 0 Å². The highest BCUT2D eigenvalue weighted by atomic mass is 19.1. The fourth-order valence-corrected chi connectivity index (χ4v) is 2.65. The molecule has 112 valence electrons. The molecule has 3 rings (SSSR count). The van der Waals surface area contributed by atoms with Gasteiger partial charge in [-0.25, -0.2) is 4.98 Å². The Hall–Kier alpha value is -1.98. The molecular weight excluding hydrogens is 273 g/mol. The van der Waals surface area contributed by atoms with Crippen molar-refractivity contribution in [3.63, 3.8) is 0 Å². The quantitative estimate of drug-likeness (QED) is 0.855. The summed E-state index contributed by atoms with van der Waals surface area (Å²) >= 11 is 0. The van der Waals surface area contributed by atoms with Crippen LogP contribution in [0.1, 0.15) is 36.0 Å². The topological polar surface area (TPSA) is 62.3 Å². The van der Waals surface area contributed by atoms with Gasteiger partial charge in [0, 0.05) is 42.9 Å². The standard InChI is InChI=1S/C15H18FN3O2/c16-13-9-11(3-6-17-13)14(20)18-12-4-7-19(8-5-12)15(21)10-1-2-10/h3,6,9-10,12H,1-2,4-5,7-8H2,(H,18,20). The molecule has 0 spiro atoms. The number of pyridine rings is 1. The van der Waals surface area contributed by atoms with Crippen molar-refractivity contribution >= 4 is 11.8 Å². The number of aromatic nitrogens is 1. The lowest BCUT2D eigenvalue weighted by Crippen LogP contribution is -2.47. The van der Waals surface area contributed by atoms with Crippen LogP contribution >= 0.6 is 0 Å². The van der Waals surface area contributed by atoms with Crippen LogP contribution in [0, 0.1) is 11.9 Å². The third kappa shape index (κ3) is 3.37. The van der Waals surface area contributed by atoms with Crippen LogP contribution in [0.2, 0.25) is 0 Å². The molecule has 2 fully saturated rings. The van der Waals surface area contributed by atoms with Gasteiger partial charge in [0.2, 0.25) is 11.9 Å². The molecule has 0 unspecified atom stereocenters. The summed E-state index contributed by atoms with van der Waals surface area (Å²) in [6, 6.07) is 2.66. The molecule has 5 nitrogen and oxygen atoms in total. The number of rotatable bonds is 3. The van der Waals surface area contributed by atoms with Crippen LogP contribution < -0.4 is 5.32 Å². The molecule has 1 aliphatic heterocycles. The molecule has 2 aliphatic rings. The number of amides is 2. The molecule has 0 aromatic carbocycles. The average molecular weight is 291 g/mol. The summed E-state index contributed by atoms with van der Waals surface area (Å²) in [6.07, 6.45) is 4.81. The fraction of sp³-hybridized carbons (Fsp3) is 0.533. The maximum atomic E-state index is 13.0. The Morgan fingerprint density at radius 1 is 1.24 bits per heavy atom. The highest BCUT2D eigenvalue weighted by molar-refractivity contribution is 5.94. The van der Waals surface area contributed by atoms with E-state index in [0.29, 0.717) is 13.1 Å². The van der Waals surface area contributed by atoms with Crippen molar-refractivity contribution in [2.75, 3.05) is 13.1 Å². The zero-order valence-electron chi connectivity index (χ0n) is 11.7. The van der Waals surface area contributed by atoms with E-state index in [1.807, 2.05) is 4.90 Å². The van der Waals surface area contributed by atoms with Gasteiger partial charge in [-0.3, -0.25) is 9.59 Å². The third-order valence-corrected chi connectivity index (χ3v) is 4.06. The number of carbonyl (C=O) groups is 2. The summed E-state index contributed by atoms with van der Waals surface area (Å²) in [4.78, 5) is 29.3. The fourth-order valence-electron chi connectivity index (χ4n) is 2.65. The lowest BCUT2D eigenvalue weighted by atomic mass is 10.0. The van der Waals surface area contributed by atoms with Gasteiger partial charge in [0.05, 0.1) is 0 Å². The van der Waals surface area contributed by atoms with Gasteiger partial charge in [0.25, 0.3) is 5.91 Å². The predicted octanol–water partition coefficient (Wildman–Crippen LogP) is 1.35. The van der Waals surface area contributed by atoms with Crippen LogP contribution in [-0.4, -0.2) is 40.8 Å². The second-order valence-corrected chi connectivity index (χ2v) is 5.71. The van der Waals surface area contributed by atoms with Crippen molar-refractivity contribution in [1.82, 2.24) is 15.2 Å². The van der Waals surface area contributed by atoms with E-state index in [1.165, 1.54) is 12.3 Å². The summed E-state index contributed by atoms with van der Waals surface area (Å²) in [5, 5.41) is 2.90. The van der Waals surface area contributed by atoms with E-state index in [-0.39, 0.29) is 29.3 Å². The minimum atomic E-state index is -0.660. The first-order valence-corrected chi connectivity index (χ1v) is 7.34. The molecule has 1 aliphatic carbocycles. The van der Waals surface area contributed by atoms with Crippen molar-refractivity contribution < 1.29 is 14.0 Å². The number of likely N-dealkylation sites (tertiary alicyclic amines) is 1. The first kappa shape index (κ1) is 14.0. The normalized spacial score (nSPS) is 19.4. The first-order chi connectivity index (χ1) is 10.1. The van der Waals surface area contributed by atoms with Gasteiger partial charge < -0.3 is 10.2 Å². The van der Waals surface area contributed by atoms with Gasteiger partial charge in [-0.1, -0.05) is 0 Å². The van der Waals surface area contributed by atoms with Crippen LogP contribution in [0.15, 0.2) is 18.3 Å². The molecular formula is C15H18FN3O2. The molecule has 0 radical (unpaired) electrons. The van der Waals surface area contributed by atoms with Crippen LogP contribution in [0.3, 0.4) is 0 Å². The number of hydrogen-bond donors (Lipinski definition) is 1. The van der Waals surface area contributed by atoms with Crippen LogP contribution in [0.5, 0.6) is 0 Å². The van der Waals surface area contributed by atoms with Gasteiger partial charge in [0.15, 0.2) is 0 Å². The zero-order valence-corrected chi connectivity index (χ0v) is 11.7. The molecule has 0 atom stereocenters. The molecule has 1 aromatic rings. The SMILES string of the molecule is O=C(NC1CCN(C(=O)C2CC2)CC1)c1ccnc(F)c1. The molecule has 2 heterocycles. The molecule has 21 heavy (non-hydrogen) atoms. The number of hydrogen-bond acceptors (Lipinski definition) is 3. The molecule has 1 saturated heterocycles. The first-order valence-electron chi connectivity index (χ1n) is 7.34. The van der Waals surface area contributed by atoms with E-state index in [9.17, 15) is 14.0 Å². The van der Waals surface area contributed by atoms with E-state index in [1.54, 1.807) is 0 Å². The molecule has 1 saturated carbocycles.